The summed E-state index contributed by atoms with van der Waals surface area (Å²) in [6.07, 6.45) is 2.32. The number of rotatable bonds is 5. The molecule has 0 amide bonds. The molecule has 0 saturated carbocycles. The van der Waals surface area contributed by atoms with E-state index in [4.69, 9.17) is 4.42 Å². The van der Waals surface area contributed by atoms with Gasteiger partial charge >= 0.3 is 0 Å². The van der Waals surface area contributed by atoms with E-state index in [0.29, 0.717) is 29.3 Å². The average molecular weight is 387 g/mol. The second-order valence-corrected chi connectivity index (χ2v) is 8.66. The molecule has 3 heterocycles. The van der Waals surface area contributed by atoms with Crippen LogP contribution >= 0.6 is 0 Å². The molecule has 2 aromatic heterocycles. The molecule has 1 aliphatic rings. The van der Waals surface area contributed by atoms with Gasteiger partial charge in [-0.2, -0.15) is 0 Å². The van der Waals surface area contributed by atoms with Crippen LogP contribution in [0.25, 0.3) is 11.3 Å². The predicted octanol–water partition coefficient (Wildman–Crippen LogP) is 2.01. The van der Waals surface area contributed by atoms with E-state index in [9.17, 15) is 8.42 Å². The second-order valence-electron chi connectivity index (χ2n) is 6.92. The molecule has 1 atom stereocenters. The van der Waals surface area contributed by atoms with Gasteiger partial charge in [0.2, 0.25) is 10.0 Å². The molecule has 1 aromatic carbocycles. The second kappa shape index (κ2) is 6.58. The molecule has 0 radical (unpaired) electrons. The number of hydrogen-bond donors (Lipinski definition) is 1. The van der Waals surface area contributed by atoms with Crippen molar-refractivity contribution < 1.29 is 12.8 Å². The lowest BCUT2D eigenvalue weighted by Crippen LogP contribution is -2.30. The van der Waals surface area contributed by atoms with Gasteiger partial charge in [-0.15, -0.1) is 10.2 Å². The number of nitrogens with zero attached hydrogens (tertiary/aromatic N) is 4. The molecule has 9 heteroatoms. The Labute approximate surface area is 157 Å². The fraction of sp³-hybridized carbons (Fsp3) is 0.389. The summed E-state index contributed by atoms with van der Waals surface area (Å²) in [6, 6.07) is 5.24. The largest absolute Gasteiger partial charge is 0.441 e. The zero-order chi connectivity index (χ0) is 19.2. The van der Waals surface area contributed by atoms with Crippen molar-refractivity contribution in [2.24, 2.45) is 5.92 Å². The summed E-state index contributed by atoms with van der Waals surface area (Å²) in [7, 11) is -3.64. The summed E-state index contributed by atoms with van der Waals surface area (Å²) in [5.74, 6) is 3.03. The molecule has 0 fully saturated rings. The van der Waals surface area contributed by atoms with E-state index in [1.165, 1.54) is 0 Å². The summed E-state index contributed by atoms with van der Waals surface area (Å²) in [6.45, 7) is 6.52. The van der Waals surface area contributed by atoms with E-state index in [0.717, 1.165) is 24.6 Å². The minimum atomic E-state index is -3.64. The van der Waals surface area contributed by atoms with Crippen LogP contribution in [0.5, 0.6) is 0 Å². The molecule has 27 heavy (non-hydrogen) atoms. The van der Waals surface area contributed by atoms with Crippen LogP contribution < -0.4 is 4.72 Å². The number of nitrogens with one attached hydrogen (secondary N) is 1. The first kappa shape index (κ1) is 17.9. The SMILES string of the molecule is Cc1ncc(-c2ccc(C)c(S(=O)(=O)NCC3Cc4nnc(C)n4C3)c2)o1. The molecule has 3 aromatic rings. The Morgan fingerprint density at radius 3 is 2.78 bits per heavy atom. The zero-order valence-corrected chi connectivity index (χ0v) is 16.2. The summed E-state index contributed by atoms with van der Waals surface area (Å²) in [4.78, 5) is 4.32. The van der Waals surface area contributed by atoms with Crippen molar-refractivity contribution in [3.05, 3.63) is 47.5 Å². The Morgan fingerprint density at radius 1 is 1.26 bits per heavy atom. The van der Waals surface area contributed by atoms with E-state index < -0.39 is 10.0 Å². The van der Waals surface area contributed by atoms with E-state index >= 15 is 0 Å². The molecule has 0 bridgehead atoms. The van der Waals surface area contributed by atoms with Gasteiger partial charge in [0.05, 0.1) is 11.1 Å². The van der Waals surface area contributed by atoms with Gasteiger partial charge in [0.25, 0.3) is 0 Å². The highest BCUT2D eigenvalue weighted by atomic mass is 32.2. The van der Waals surface area contributed by atoms with Gasteiger partial charge in [-0.3, -0.25) is 0 Å². The fourth-order valence-corrected chi connectivity index (χ4v) is 4.76. The highest BCUT2D eigenvalue weighted by Crippen LogP contribution is 2.26. The van der Waals surface area contributed by atoms with Crippen molar-refractivity contribution >= 4 is 10.0 Å². The summed E-state index contributed by atoms with van der Waals surface area (Å²) in [5.41, 5.74) is 1.37. The number of fused-ring (bicyclic) bond motifs is 1. The third-order valence-electron chi connectivity index (χ3n) is 4.87. The molecule has 8 nitrogen and oxygen atoms in total. The predicted molar refractivity (Wildman–Crippen MR) is 98.6 cm³/mol. The van der Waals surface area contributed by atoms with Crippen LogP contribution in [0.15, 0.2) is 33.7 Å². The lowest BCUT2D eigenvalue weighted by molar-refractivity contribution is 0.487. The molecular weight excluding hydrogens is 366 g/mol. The van der Waals surface area contributed by atoms with Crippen LogP contribution in [0.3, 0.4) is 0 Å². The van der Waals surface area contributed by atoms with Gasteiger partial charge in [0.1, 0.15) is 11.6 Å². The topological polar surface area (TPSA) is 103 Å². The number of sulfonamides is 1. The highest BCUT2D eigenvalue weighted by Gasteiger charge is 2.27. The van der Waals surface area contributed by atoms with Gasteiger partial charge in [-0.05, 0) is 31.4 Å². The normalized spacial score (nSPS) is 16.6. The van der Waals surface area contributed by atoms with Crippen LogP contribution in [0.2, 0.25) is 0 Å². The van der Waals surface area contributed by atoms with E-state index in [1.807, 2.05) is 17.6 Å². The first-order chi connectivity index (χ1) is 12.8. The number of aromatic nitrogens is 4. The van der Waals surface area contributed by atoms with Crippen molar-refractivity contribution in [1.82, 2.24) is 24.5 Å². The summed E-state index contributed by atoms with van der Waals surface area (Å²) >= 11 is 0. The maximum atomic E-state index is 12.9. The Kier molecular flexibility index (Phi) is 4.35. The highest BCUT2D eigenvalue weighted by molar-refractivity contribution is 7.89. The minimum absolute atomic E-state index is 0.171. The maximum absolute atomic E-state index is 12.9. The third-order valence-corrected chi connectivity index (χ3v) is 6.44. The Bertz CT molecular complexity index is 1100. The van der Waals surface area contributed by atoms with Crippen LogP contribution in [-0.2, 0) is 23.0 Å². The number of aryl methyl sites for hydroxylation is 3. The summed E-state index contributed by atoms with van der Waals surface area (Å²) in [5, 5.41) is 8.17. The van der Waals surface area contributed by atoms with Crippen molar-refractivity contribution in [3.8, 4) is 11.3 Å². The third kappa shape index (κ3) is 3.40. The Morgan fingerprint density at radius 2 is 2.07 bits per heavy atom. The Hall–Kier alpha value is -2.52. The van der Waals surface area contributed by atoms with Crippen molar-refractivity contribution in [1.29, 1.82) is 0 Å². The van der Waals surface area contributed by atoms with Crippen LogP contribution in [0, 0.1) is 26.7 Å². The molecule has 1 aliphatic heterocycles. The molecule has 1 unspecified atom stereocenters. The first-order valence-electron chi connectivity index (χ1n) is 8.75. The monoisotopic (exact) mass is 387 g/mol. The van der Waals surface area contributed by atoms with Crippen molar-refractivity contribution in [2.75, 3.05) is 6.54 Å². The molecule has 0 spiro atoms. The van der Waals surface area contributed by atoms with Crippen LogP contribution in [0.1, 0.15) is 23.1 Å². The Balaban J connectivity index is 1.52. The average Bonchev–Trinajstić information content (AvgIpc) is 3.31. The molecule has 0 aliphatic carbocycles. The van der Waals surface area contributed by atoms with E-state index in [1.54, 1.807) is 32.2 Å². The summed E-state index contributed by atoms with van der Waals surface area (Å²) < 4.78 is 36.1. The zero-order valence-electron chi connectivity index (χ0n) is 15.4. The fourth-order valence-electron chi connectivity index (χ4n) is 3.37. The minimum Gasteiger partial charge on any atom is -0.441 e. The van der Waals surface area contributed by atoms with E-state index in [-0.39, 0.29) is 10.8 Å². The number of oxazole rings is 1. The molecule has 0 saturated heterocycles. The van der Waals surface area contributed by atoms with E-state index in [2.05, 4.69) is 19.9 Å². The van der Waals surface area contributed by atoms with Crippen molar-refractivity contribution in [2.45, 2.75) is 38.6 Å². The van der Waals surface area contributed by atoms with Crippen LogP contribution in [0.4, 0.5) is 0 Å². The molecule has 142 valence electrons. The number of hydrogen-bond acceptors (Lipinski definition) is 6. The first-order valence-corrected chi connectivity index (χ1v) is 10.2. The van der Waals surface area contributed by atoms with Gasteiger partial charge in [0, 0.05) is 32.0 Å². The van der Waals surface area contributed by atoms with Gasteiger partial charge in [-0.25, -0.2) is 18.1 Å². The molecular formula is C18H21N5O3S. The smallest absolute Gasteiger partial charge is 0.240 e. The van der Waals surface area contributed by atoms with Gasteiger partial charge in [0.15, 0.2) is 11.7 Å². The number of benzene rings is 1. The van der Waals surface area contributed by atoms with Gasteiger partial charge < -0.3 is 8.98 Å². The maximum Gasteiger partial charge on any atom is 0.240 e. The van der Waals surface area contributed by atoms with Crippen LogP contribution in [-0.4, -0.2) is 34.7 Å². The lowest BCUT2D eigenvalue weighted by atomic mass is 10.1. The standard InChI is InChI=1S/C18H21N5O3S/c1-11-4-5-15(16-9-19-13(3)26-16)7-17(11)27(24,25)20-8-14-6-18-22-21-12(2)23(18)10-14/h4-5,7,9,14,20H,6,8,10H2,1-3H3. The van der Waals surface area contributed by atoms with Gasteiger partial charge in [-0.1, -0.05) is 12.1 Å². The quantitative estimate of drug-likeness (QED) is 0.718. The molecule has 1 N–H and O–H groups in total. The van der Waals surface area contributed by atoms with Crippen molar-refractivity contribution in [3.63, 3.8) is 0 Å². The molecule has 4 rings (SSSR count). The lowest BCUT2D eigenvalue weighted by Gasteiger charge is -2.13.